The van der Waals surface area contributed by atoms with Crippen LogP contribution in [0.2, 0.25) is 0 Å². The number of aryl methyl sites for hydroxylation is 1. The van der Waals surface area contributed by atoms with Crippen molar-refractivity contribution in [3.63, 3.8) is 0 Å². The minimum absolute atomic E-state index is 0.0899. The summed E-state index contributed by atoms with van der Waals surface area (Å²) in [7, 11) is 5.07. The molecule has 37 heavy (non-hydrogen) atoms. The fraction of sp³-hybridized carbons (Fsp3) is 0.345. The second kappa shape index (κ2) is 10.0. The predicted octanol–water partition coefficient (Wildman–Crippen LogP) is 4.49. The molecule has 2 heterocycles. The van der Waals surface area contributed by atoms with E-state index in [2.05, 4.69) is 5.32 Å². The summed E-state index contributed by atoms with van der Waals surface area (Å²) in [5.41, 5.74) is 5.47. The summed E-state index contributed by atoms with van der Waals surface area (Å²) < 4.78 is 39.3. The lowest BCUT2D eigenvalue weighted by Crippen LogP contribution is -2.38. The molecule has 1 fully saturated rings. The Kier molecular flexibility index (Phi) is 6.79. The van der Waals surface area contributed by atoms with E-state index in [1.54, 1.807) is 20.3 Å². The number of ether oxygens (including phenoxy) is 4. The van der Waals surface area contributed by atoms with Crippen LogP contribution in [-0.4, -0.2) is 43.7 Å². The first-order valence-corrected chi connectivity index (χ1v) is 12.3. The molecular weight excluding hydrogens is 475 g/mol. The van der Waals surface area contributed by atoms with Gasteiger partial charge in [-0.2, -0.15) is 0 Å². The summed E-state index contributed by atoms with van der Waals surface area (Å²) in [5, 5.41) is 3.00. The standard InChI is InChI=1S/C29H31FN2O5/c1-18-23(12-19-13-26(34-3)29(27(14-19)35-4)36-10-11-37-29)22-8-7-20(30)15-25(22)24(18)16-28(33)31-17-21-6-5-9-32(21)2/h5-9,12-15,24H,10-11,16-17H2,1-4H3,(H,31,33). The molecule has 1 aromatic heterocycles. The van der Waals surface area contributed by atoms with Crippen LogP contribution in [0.25, 0.3) is 5.57 Å². The molecule has 0 bridgehead atoms. The van der Waals surface area contributed by atoms with E-state index in [0.717, 1.165) is 33.5 Å². The maximum Gasteiger partial charge on any atom is 0.288 e. The van der Waals surface area contributed by atoms with Gasteiger partial charge in [0.1, 0.15) is 5.82 Å². The molecule has 7 nitrogen and oxygen atoms in total. The highest BCUT2D eigenvalue weighted by molar-refractivity contribution is 5.88. The zero-order valence-corrected chi connectivity index (χ0v) is 21.5. The molecule has 3 aliphatic rings. The van der Waals surface area contributed by atoms with Crippen molar-refractivity contribution in [2.24, 2.45) is 7.05 Å². The van der Waals surface area contributed by atoms with Gasteiger partial charge < -0.3 is 28.8 Å². The second-order valence-corrected chi connectivity index (χ2v) is 9.36. The number of fused-ring (bicyclic) bond motifs is 1. The maximum atomic E-state index is 14.3. The van der Waals surface area contributed by atoms with Crippen molar-refractivity contribution in [2.45, 2.75) is 31.6 Å². The fourth-order valence-electron chi connectivity index (χ4n) is 5.27. The van der Waals surface area contributed by atoms with Crippen molar-refractivity contribution in [3.05, 3.63) is 100 Å². The van der Waals surface area contributed by atoms with Gasteiger partial charge in [-0.3, -0.25) is 4.79 Å². The van der Waals surface area contributed by atoms with Crippen LogP contribution in [0.1, 0.15) is 36.1 Å². The number of hydrogen-bond acceptors (Lipinski definition) is 5. The molecule has 194 valence electrons. The highest BCUT2D eigenvalue weighted by Gasteiger charge is 2.49. The summed E-state index contributed by atoms with van der Waals surface area (Å²) in [6.07, 6.45) is 7.89. The minimum Gasteiger partial charge on any atom is -0.495 e. The molecule has 0 saturated carbocycles. The lowest BCUT2D eigenvalue weighted by molar-refractivity contribution is -0.150. The van der Waals surface area contributed by atoms with E-state index in [-0.39, 0.29) is 24.1 Å². The van der Waals surface area contributed by atoms with E-state index < -0.39 is 5.79 Å². The van der Waals surface area contributed by atoms with Gasteiger partial charge in [0.25, 0.3) is 5.79 Å². The summed E-state index contributed by atoms with van der Waals surface area (Å²) in [4.78, 5) is 12.9. The Morgan fingerprint density at radius 3 is 2.51 bits per heavy atom. The number of rotatable bonds is 7. The number of benzene rings is 1. The molecule has 1 spiro atoms. The summed E-state index contributed by atoms with van der Waals surface area (Å²) in [6, 6.07) is 8.66. The molecule has 1 aliphatic heterocycles. The third-order valence-corrected chi connectivity index (χ3v) is 7.22. The average molecular weight is 507 g/mol. The molecule has 1 atom stereocenters. The fourth-order valence-corrected chi connectivity index (χ4v) is 5.27. The SMILES string of the molecule is COC1=CC(=CC2=C(C)C(CC(=O)NCc3cccn3C)c3cc(F)ccc32)C=C(OC)C12OCCO2. The Hall–Kier alpha value is -3.62. The van der Waals surface area contributed by atoms with Crippen LogP contribution in [0.3, 0.4) is 0 Å². The number of hydrogen-bond donors (Lipinski definition) is 1. The Morgan fingerprint density at radius 1 is 1.19 bits per heavy atom. The highest BCUT2D eigenvalue weighted by atomic mass is 19.1. The first kappa shape index (κ1) is 25.0. The van der Waals surface area contributed by atoms with Gasteiger partial charge in [-0.05, 0) is 71.7 Å². The van der Waals surface area contributed by atoms with Gasteiger partial charge in [0, 0.05) is 31.3 Å². The average Bonchev–Trinajstić information content (AvgIpc) is 3.59. The van der Waals surface area contributed by atoms with Gasteiger partial charge in [0.15, 0.2) is 11.5 Å². The van der Waals surface area contributed by atoms with E-state index >= 15 is 0 Å². The Bertz CT molecular complexity index is 1320. The summed E-state index contributed by atoms with van der Waals surface area (Å²) >= 11 is 0. The van der Waals surface area contributed by atoms with Gasteiger partial charge >= 0.3 is 0 Å². The smallest absolute Gasteiger partial charge is 0.288 e. The van der Waals surface area contributed by atoms with E-state index in [0.29, 0.717) is 31.3 Å². The van der Waals surface area contributed by atoms with Gasteiger partial charge in [-0.15, -0.1) is 0 Å². The molecule has 1 unspecified atom stereocenters. The number of carbonyl (C=O) groups is 1. The zero-order chi connectivity index (χ0) is 26.2. The van der Waals surface area contributed by atoms with Crippen LogP contribution < -0.4 is 5.32 Å². The zero-order valence-electron chi connectivity index (χ0n) is 21.5. The third-order valence-electron chi connectivity index (χ3n) is 7.22. The van der Waals surface area contributed by atoms with Crippen LogP contribution >= 0.6 is 0 Å². The van der Waals surface area contributed by atoms with Crippen LogP contribution in [0.4, 0.5) is 4.39 Å². The first-order valence-electron chi connectivity index (χ1n) is 12.3. The number of aromatic nitrogens is 1. The van der Waals surface area contributed by atoms with Crippen molar-refractivity contribution in [1.29, 1.82) is 0 Å². The van der Waals surface area contributed by atoms with Gasteiger partial charge in [-0.25, -0.2) is 4.39 Å². The topological polar surface area (TPSA) is 71.0 Å². The predicted molar refractivity (Wildman–Crippen MR) is 137 cm³/mol. The molecule has 2 aliphatic carbocycles. The van der Waals surface area contributed by atoms with Crippen LogP contribution in [0.15, 0.2) is 77.4 Å². The number of amides is 1. The van der Waals surface area contributed by atoms with Crippen molar-refractivity contribution in [2.75, 3.05) is 27.4 Å². The van der Waals surface area contributed by atoms with Crippen molar-refractivity contribution >= 4 is 11.5 Å². The number of methoxy groups -OCH3 is 2. The van der Waals surface area contributed by atoms with Crippen LogP contribution in [0.5, 0.6) is 0 Å². The summed E-state index contributed by atoms with van der Waals surface area (Å²) in [6.45, 7) is 3.29. The Morgan fingerprint density at radius 2 is 1.89 bits per heavy atom. The van der Waals surface area contributed by atoms with Crippen molar-refractivity contribution in [3.8, 4) is 0 Å². The second-order valence-electron chi connectivity index (χ2n) is 9.36. The number of halogens is 1. The quantitative estimate of drug-likeness (QED) is 0.600. The molecule has 5 rings (SSSR count). The number of nitrogens with zero attached hydrogens (tertiary/aromatic N) is 1. The largest absolute Gasteiger partial charge is 0.495 e. The Balaban J connectivity index is 1.46. The van der Waals surface area contributed by atoms with Crippen molar-refractivity contribution in [1.82, 2.24) is 9.88 Å². The third kappa shape index (κ3) is 4.51. The Labute approximate surface area is 215 Å². The minimum atomic E-state index is -1.18. The monoisotopic (exact) mass is 506 g/mol. The van der Waals surface area contributed by atoms with Crippen LogP contribution in [0, 0.1) is 5.82 Å². The number of allylic oxidation sites excluding steroid dienone is 6. The normalized spacial score (nSPS) is 20.0. The van der Waals surface area contributed by atoms with Gasteiger partial charge in [-0.1, -0.05) is 11.6 Å². The lowest BCUT2D eigenvalue weighted by atomic mass is 9.92. The molecule has 1 saturated heterocycles. The van der Waals surface area contributed by atoms with E-state index in [1.165, 1.54) is 12.1 Å². The molecule has 1 N–H and O–H groups in total. The van der Waals surface area contributed by atoms with Gasteiger partial charge in [0.2, 0.25) is 5.91 Å². The molecule has 1 amide bonds. The van der Waals surface area contributed by atoms with E-state index in [4.69, 9.17) is 18.9 Å². The lowest BCUT2D eigenvalue weighted by Gasteiger charge is -2.32. The van der Waals surface area contributed by atoms with E-state index in [9.17, 15) is 9.18 Å². The molecule has 0 radical (unpaired) electrons. The van der Waals surface area contributed by atoms with Gasteiger partial charge in [0.05, 0.1) is 34.0 Å². The summed E-state index contributed by atoms with van der Waals surface area (Å²) in [5.74, 6) is -0.856. The molecule has 1 aromatic carbocycles. The number of nitrogens with one attached hydrogen (secondary N) is 1. The number of carbonyl (C=O) groups excluding carboxylic acids is 1. The van der Waals surface area contributed by atoms with E-state index in [1.807, 2.05) is 55.1 Å². The van der Waals surface area contributed by atoms with Crippen molar-refractivity contribution < 1.29 is 28.1 Å². The highest BCUT2D eigenvalue weighted by Crippen LogP contribution is 2.46. The molecular formula is C29H31FN2O5. The molecule has 2 aromatic rings. The maximum absolute atomic E-state index is 14.3. The van der Waals surface area contributed by atoms with Crippen LogP contribution in [-0.2, 0) is 37.3 Å². The molecule has 8 heteroatoms. The first-order chi connectivity index (χ1) is 17.9.